The highest BCUT2D eigenvalue weighted by molar-refractivity contribution is 5.93. The third-order valence-electron chi connectivity index (χ3n) is 4.39. The van der Waals surface area contributed by atoms with Crippen molar-refractivity contribution in [3.63, 3.8) is 0 Å². The Bertz CT molecular complexity index is 753. The fourth-order valence-electron chi connectivity index (χ4n) is 2.83. The van der Waals surface area contributed by atoms with Crippen LogP contribution in [0.15, 0.2) is 18.2 Å². The van der Waals surface area contributed by atoms with E-state index in [1.54, 1.807) is 19.1 Å². The molecule has 1 atom stereocenters. The Morgan fingerprint density at radius 3 is 2.81 bits per heavy atom. The van der Waals surface area contributed by atoms with Crippen LogP contribution in [0.5, 0.6) is 0 Å². The molecule has 0 spiro atoms. The quantitative estimate of drug-likeness (QED) is 0.820. The van der Waals surface area contributed by atoms with Gasteiger partial charge in [0.15, 0.2) is 5.82 Å². The molecular formula is C17H24Cl2FN5O. The molecule has 3 rings (SSSR count). The van der Waals surface area contributed by atoms with Crippen LogP contribution in [-0.4, -0.2) is 27.2 Å². The maximum atomic E-state index is 14.4. The SMILES string of the molecule is CC(CN)C(=O)Nc1ccc(F)c(-c2nnc3n2CCCCC3)c1.Cl.Cl. The Morgan fingerprint density at radius 2 is 2.08 bits per heavy atom. The van der Waals surface area contributed by atoms with Gasteiger partial charge < -0.3 is 15.6 Å². The summed E-state index contributed by atoms with van der Waals surface area (Å²) in [5.41, 5.74) is 6.39. The normalized spacial score (nSPS) is 14.3. The largest absolute Gasteiger partial charge is 0.330 e. The Morgan fingerprint density at radius 1 is 1.31 bits per heavy atom. The van der Waals surface area contributed by atoms with Crippen molar-refractivity contribution in [1.82, 2.24) is 14.8 Å². The van der Waals surface area contributed by atoms with Gasteiger partial charge in [0.2, 0.25) is 5.91 Å². The van der Waals surface area contributed by atoms with Crippen LogP contribution in [0.2, 0.25) is 0 Å². The molecule has 1 aromatic heterocycles. The van der Waals surface area contributed by atoms with Gasteiger partial charge in [-0.1, -0.05) is 13.3 Å². The average molecular weight is 404 g/mol. The molecule has 0 aliphatic carbocycles. The van der Waals surface area contributed by atoms with Gasteiger partial charge >= 0.3 is 0 Å². The zero-order chi connectivity index (χ0) is 17.1. The number of carbonyl (C=O) groups is 1. The molecule has 1 aliphatic heterocycles. The molecular weight excluding hydrogens is 380 g/mol. The summed E-state index contributed by atoms with van der Waals surface area (Å²) in [6, 6.07) is 4.49. The van der Waals surface area contributed by atoms with Gasteiger partial charge in [-0.15, -0.1) is 35.0 Å². The van der Waals surface area contributed by atoms with E-state index in [0.717, 1.165) is 38.1 Å². The van der Waals surface area contributed by atoms with Gasteiger partial charge in [-0.05, 0) is 31.0 Å². The summed E-state index contributed by atoms with van der Waals surface area (Å²) in [5, 5.41) is 11.2. The number of fused-ring (bicyclic) bond motifs is 1. The molecule has 1 aliphatic rings. The molecule has 1 aromatic carbocycles. The molecule has 9 heteroatoms. The van der Waals surface area contributed by atoms with E-state index in [1.165, 1.54) is 6.07 Å². The molecule has 0 bridgehead atoms. The van der Waals surface area contributed by atoms with E-state index in [4.69, 9.17) is 5.73 Å². The van der Waals surface area contributed by atoms with Gasteiger partial charge in [-0.2, -0.15) is 0 Å². The van der Waals surface area contributed by atoms with E-state index in [-0.39, 0.29) is 49.0 Å². The minimum absolute atomic E-state index is 0. The predicted molar refractivity (Wildman–Crippen MR) is 104 cm³/mol. The van der Waals surface area contributed by atoms with Crippen molar-refractivity contribution in [2.24, 2.45) is 11.7 Å². The molecule has 1 unspecified atom stereocenters. The first-order chi connectivity index (χ1) is 11.6. The van der Waals surface area contributed by atoms with E-state index >= 15 is 0 Å². The smallest absolute Gasteiger partial charge is 0.228 e. The molecule has 0 fully saturated rings. The lowest BCUT2D eigenvalue weighted by Crippen LogP contribution is -2.26. The Labute approximate surface area is 164 Å². The lowest BCUT2D eigenvalue weighted by atomic mass is 10.1. The van der Waals surface area contributed by atoms with Crippen LogP contribution < -0.4 is 11.1 Å². The summed E-state index contributed by atoms with van der Waals surface area (Å²) in [7, 11) is 0. The summed E-state index contributed by atoms with van der Waals surface area (Å²) in [4.78, 5) is 12.0. The number of anilines is 1. The van der Waals surface area contributed by atoms with Crippen molar-refractivity contribution in [2.75, 3.05) is 11.9 Å². The van der Waals surface area contributed by atoms with E-state index in [9.17, 15) is 9.18 Å². The zero-order valence-corrected chi connectivity index (χ0v) is 16.2. The molecule has 6 nitrogen and oxygen atoms in total. The number of amides is 1. The van der Waals surface area contributed by atoms with Gasteiger partial charge in [0, 0.05) is 31.1 Å². The third kappa shape index (κ3) is 4.72. The highest BCUT2D eigenvalue weighted by Gasteiger charge is 2.19. The molecule has 1 amide bonds. The first-order valence-corrected chi connectivity index (χ1v) is 8.33. The maximum absolute atomic E-state index is 14.4. The molecule has 3 N–H and O–H groups in total. The number of nitrogens with one attached hydrogen (secondary N) is 1. The minimum Gasteiger partial charge on any atom is -0.330 e. The van der Waals surface area contributed by atoms with Gasteiger partial charge in [0.05, 0.1) is 5.56 Å². The molecule has 0 saturated carbocycles. The number of rotatable bonds is 4. The van der Waals surface area contributed by atoms with Crippen molar-refractivity contribution in [1.29, 1.82) is 0 Å². The Balaban J connectivity index is 0.00000169. The van der Waals surface area contributed by atoms with Crippen molar-refractivity contribution in [2.45, 2.75) is 39.2 Å². The zero-order valence-electron chi connectivity index (χ0n) is 14.6. The van der Waals surface area contributed by atoms with Crippen molar-refractivity contribution >= 4 is 36.4 Å². The van der Waals surface area contributed by atoms with E-state index in [1.807, 2.05) is 4.57 Å². The number of aromatic nitrogens is 3. The summed E-state index contributed by atoms with van der Waals surface area (Å²) in [6.07, 6.45) is 4.11. The van der Waals surface area contributed by atoms with E-state index in [2.05, 4.69) is 15.5 Å². The van der Waals surface area contributed by atoms with Crippen LogP contribution in [0.1, 0.15) is 32.0 Å². The summed E-state index contributed by atoms with van der Waals surface area (Å²) in [5.74, 6) is 0.554. The van der Waals surface area contributed by atoms with Crippen LogP contribution in [0.4, 0.5) is 10.1 Å². The van der Waals surface area contributed by atoms with Gasteiger partial charge in [0.25, 0.3) is 0 Å². The molecule has 0 radical (unpaired) electrons. The standard InChI is InChI=1S/C17H22FN5O.2ClH/c1-11(10-19)17(24)20-12-6-7-14(18)13(9-12)16-22-21-15-5-3-2-4-8-23(15)16;;/h6-7,9,11H,2-5,8,10,19H2,1H3,(H,20,24);2*1H. The molecule has 0 saturated heterocycles. The lowest BCUT2D eigenvalue weighted by molar-refractivity contribution is -0.119. The number of benzene rings is 1. The fourth-order valence-corrected chi connectivity index (χ4v) is 2.83. The van der Waals surface area contributed by atoms with Gasteiger partial charge in [-0.3, -0.25) is 4.79 Å². The highest BCUT2D eigenvalue weighted by atomic mass is 35.5. The molecule has 26 heavy (non-hydrogen) atoms. The highest BCUT2D eigenvalue weighted by Crippen LogP contribution is 2.27. The average Bonchev–Trinajstić information content (AvgIpc) is 2.83. The molecule has 144 valence electrons. The van der Waals surface area contributed by atoms with E-state index < -0.39 is 0 Å². The van der Waals surface area contributed by atoms with Gasteiger partial charge in [0.1, 0.15) is 11.6 Å². The number of hydrogen-bond acceptors (Lipinski definition) is 4. The topological polar surface area (TPSA) is 85.8 Å². The van der Waals surface area contributed by atoms with Crippen LogP contribution in [0, 0.1) is 11.7 Å². The first-order valence-electron chi connectivity index (χ1n) is 8.33. The Hall–Kier alpha value is -1.70. The first kappa shape index (κ1) is 22.3. The van der Waals surface area contributed by atoms with E-state index in [0.29, 0.717) is 17.1 Å². The number of nitrogens with zero attached hydrogens (tertiary/aromatic N) is 3. The third-order valence-corrected chi connectivity index (χ3v) is 4.39. The summed E-state index contributed by atoms with van der Waals surface area (Å²) in [6.45, 7) is 2.80. The monoisotopic (exact) mass is 403 g/mol. The Kier molecular flexibility index (Phi) is 8.46. The van der Waals surface area contributed by atoms with Crippen LogP contribution in [-0.2, 0) is 17.8 Å². The second-order valence-electron chi connectivity index (χ2n) is 6.22. The minimum atomic E-state index is -0.376. The van der Waals surface area contributed by atoms with Crippen LogP contribution >= 0.6 is 24.8 Å². The molecule has 2 heterocycles. The second-order valence-corrected chi connectivity index (χ2v) is 6.22. The second kappa shape index (κ2) is 9.85. The van der Waals surface area contributed by atoms with Crippen LogP contribution in [0.3, 0.4) is 0 Å². The van der Waals surface area contributed by atoms with Crippen molar-refractivity contribution in [3.8, 4) is 11.4 Å². The number of aryl methyl sites for hydroxylation is 1. The number of halogens is 3. The summed E-state index contributed by atoms with van der Waals surface area (Å²) < 4.78 is 16.3. The number of carbonyl (C=O) groups excluding carboxylic acids is 1. The van der Waals surface area contributed by atoms with Crippen molar-refractivity contribution < 1.29 is 9.18 Å². The number of hydrogen-bond donors (Lipinski definition) is 2. The van der Waals surface area contributed by atoms with Gasteiger partial charge in [-0.25, -0.2) is 4.39 Å². The molecule has 2 aromatic rings. The predicted octanol–water partition coefficient (Wildman–Crippen LogP) is 3.19. The number of nitrogens with two attached hydrogens (primary N) is 1. The van der Waals surface area contributed by atoms with Crippen LogP contribution in [0.25, 0.3) is 11.4 Å². The van der Waals surface area contributed by atoms with Crippen molar-refractivity contribution in [3.05, 3.63) is 29.8 Å². The fraction of sp³-hybridized carbons (Fsp3) is 0.471. The maximum Gasteiger partial charge on any atom is 0.228 e. The lowest BCUT2D eigenvalue weighted by Gasteiger charge is -2.12. The summed E-state index contributed by atoms with van der Waals surface area (Å²) >= 11 is 0.